The van der Waals surface area contributed by atoms with Gasteiger partial charge in [0.1, 0.15) is 0 Å². The van der Waals surface area contributed by atoms with E-state index >= 15 is 0 Å². The van der Waals surface area contributed by atoms with Gasteiger partial charge in [-0.2, -0.15) is 13.2 Å². The lowest BCUT2D eigenvalue weighted by atomic mass is 10.1. The van der Waals surface area contributed by atoms with E-state index in [0.717, 1.165) is 28.6 Å². The molecule has 5 nitrogen and oxygen atoms in total. The Hall–Kier alpha value is -2.55. The first-order valence-electron chi connectivity index (χ1n) is 8.03. The molecule has 0 aliphatic heterocycles. The summed E-state index contributed by atoms with van der Waals surface area (Å²) in [6, 6.07) is 9.27. The fourth-order valence-corrected chi connectivity index (χ4v) is 4.15. The van der Waals surface area contributed by atoms with E-state index < -0.39 is 33.4 Å². The summed E-state index contributed by atoms with van der Waals surface area (Å²) < 4.78 is 67.1. The first kappa shape index (κ1) is 20.8. The highest BCUT2D eigenvalue weighted by Gasteiger charge is 2.37. The molecule has 0 radical (unpaired) electrons. The summed E-state index contributed by atoms with van der Waals surface area (Å²) >= 11 is 0. The van der Waals surface area contributed by atoms with Crippen molar-refractivity contribution in [1.29, 1.82) is 0 Å². The van der Waals surface area contributed by atoms with Crippen LogP contribution >= 0.6 is 0 Å². The number of sulfonamides is 1. The molecule has 0 spiro atoms. The summed E-state index contributed by atoms with van der Waals surface area (Å²) in [6.45, 7) is 3.26. The number of carbonyl (C=O) groups excluding carboxylic acids is 1. The van der Waals surface area contributed by atoms with E-state index in [4.69, 9.17) is 5.73 Å². The molecule has 0 aliphatic carbocycles. The van der Waals surface area contributed by atoms with Crippen molar-refractivity contribution in [1.82, 2.24) is 0 Å². The zero-order chi connectivity index (χ0) is 20.4. The maximum absolute atomic E-state index is 13.4. The van der Waals surface area contributed by atoms with Crippen molar-refractivity contribution in [2.45, 2.75) is 24.9 Å². The molecule has 0 atom stereocenters. The third-order valence-electron chi connectivity index (χ3n) is 3.74. The average molecular weight is 400 g/mol. The second-order valence-electron chi connectivity index (χ2n) is 6.33. The number of nitrogens with two attached hydrogens (primary N) is 1. The lowest BCUT2D eigenvalue weighted by Crippen LogP contribution is -2.35. The fourth-order valence-electron chi connectivity index (χ4n) is 2.51. The van der Waals surface area contributed by atoms with Gasteiger partial charge in [-0.1, -0.05) is 26.0 Å². The number of primary amides is 1. The summed E-state index contributed by atoms with van der Waals surface area (Å²) in [6.07, 6.45) is -4.71. The summed E-state index contributed by atoms with van der Waals surface area (Å²) in [4.78, 5) is 10.9. The van der Waals surface area contributed by atoms with Gasteiger partial charge in [0.2, 0.25) is 5.91 Å². The minimum atomic E-state index is -4.71. The van der Waals surface area contributed by atoms with Gasteiger partial charge in [0.25, 0.3) is 10.0 Å². The molecule has 0 aliphatic rings. The zero-order valence-corrected chi connectivity index (χ0v) is 15.5. The molecular formula is C18H19F3N2O3S. The van der Waals surface area contributed by atoms with Gasteiger partial charge in [0.05, 0.1) is 16.1 Å². The Morgan fingerprint density at radius 3 is 2.11 bits per heavy atom. The third-order valence-corrected chi connectivity index (χ3v) is 5.53. The van der Waals surface area contributed by atoms with Crippen molar-refractivity contribution >= 4 is 21.6 Å². The van der Waals surface area contributed by atoms with Crippen molar-refractivity contribution in [3.05, 3.63) is 59.7 Å². The predicted molar refractivity (Wildman–Crippen MR) is 95.8 cm³/mol. The molecule has 0 saturated carbocycles. The van der Waals surface area contributed by atoms with Crippen LogP contribution in [-0.4, -0.2) is 20.9 Å². The average Bonchev–Trinajstić information content (AvgIpc) is 2.58. The molecule has 1 amide bonds. The number of rotatable bonds is 6. The van der Waals surface area contributed by atoms with Crippen LogP contribution < -0.4 is 10.0 Å². The number of benzene rings is 2. The molecule has 0 bridgehead atoms. The van der Waals surface area contributed by atoms with E-state index in [1.54, 1.807) is 13.8 Å². The molecule has 0 heterocycles. The van der Waals surface area contributed by atoms with Crippen LogP contribution in [0, 0.1) is 5.92 Å². The zero-order valence-electron chi connectivity index (χ0n) is 14.7. The first-order valence-corrected chi connectivity index (χ1v) is 9.47. The van der Waals surface area contributed by atoms with Crippen LogP contribution in [0.4, 0.5) is 18.9 Å². The fraction of sp³-hybridized carbons (Fsp3) is 0.278. The largest absolute Gasteiger partial charge is 0.418 e. The van der Waals surface area contributed by atoms with Crippen LogP contribution in [0.5, 0.6) is 0 Å². The van der Waals surface area contributed by atoms with Crippen molar-refractivity contribution in [2.75, 3.05) is 10.8 Å². The summed E-state index contributed by atoms with van der Waals surface area (Å²) in [5.74, 6) is -0.966. The third kappa shape index (κ3) is 4.60. The lowest BCUT2D eigenvalue weighted by Gasteiger charge is -2.28. The number of amides is 1. The quantitative estimate of drug-likeness (QED) is 0.804. The van der Waals surface area contributed by atoms with Gasteiger partial charge in [-0.25, -0.2) is 8.42 Å². The lowest BCUT2D eigenvalue weighted by molar-refractivity contribution is -0.137. The number of para-hydroxylation sites is 1. The van der Waals surface area contributed by atoms with E-state index in [1.165, 1.54) is 24.3 Å². The molecule has 0 saturated heterocycles. The minimum Gasteiger partial charge on any atom is -0.366 e. The normalized spacial score (nSPS) is 12.2. The van der Waals surface area contributed by atoms with Crippen LogP contribution in [0.1, 0.15) is 29.8 Å². The Balaban J connectivity index is 2.62. The van der Waals surface area contributed by atoms with Gasteiger partial charge in [-0.3, -0.25) is 9.10 Å². The smallest absolute Gasteiger partial charge is 0.366 e. The van der Waals surface area contributed by atoms with Crippen molar-refractivity contribution < 1.29 is 26.4 Å². The van der Waals surface area contributed by atoms with Gasteiger partial charge in [-0.05, 0) is 42.3 Å². The molecule has 0 unspecified atom stereocenters. The molecule has 0 fully saturated rings. The number of alkyl halides is 3. The molecule has 27 heavy (non-hydrogen) atoms. The monoisotopic (exact) mass is 400 g/mol. The molecule has 0 aromatic heterocycles. The van der Waals surface area contributed by atoms with Gasteiger partial charge in [0, 0.05) is 12.1 Å². The van der Waals surface area contributed by atoms with E-state index in [-0.39, 0.29) is 22.9 Å². The van der Waals surface area contributed by atoms with Gasteiger partial charge < -0.3 is 5.73 Å². The Kier molecular flexibility index (Phi) is 5.84. The Labute approximate surface area is 155 Å². The van der Waals surface area contributed by atoms with Crippen LogP contribution in [0.25, 0.3) is 0 Å². The van der Waals surface area contributed by atoms with Crippen molar-refractivity contribution in [2.24, 2.45) is 11.7 Å². The number of hydrogen-bond donors (Lipinski definition) is 1. The molecule has 9 heteroatoms. The van der Waals surface area contributed by atoms with Gasteiger partial charge in [0.15, 0.2) is 0 Å². The Morgan fingerprint density at radius 1 is 1.07 bits per heavy atom. The summed E-state index contributed by atoms with van der Waals surface area (Å²) in [5.41, 5.74) is 3.75. The maximum Gasteiger partial charge on any atom is 0.418 e. The molecule has 146 valence electrons. The van der Waals surface area contributed by atoms with Gasteiger partial charge >= 0.3 is 6.18 Å². The van der Waals surface area contributed by atoms with Crippen molar-refractivity contribution in [3.8, 4) is 0 Å². The maximum atomic E-state index is 13.4. The van der Waals surface area contributed by atoms with Crippen LogP contribution in [0.15, 0.2) is 53.4 Å². The number of nitrogens with zero attached hydrogens (tertiary/aromatic N) is 1. The highest BCUT2D eigenvalue weighted by atomic mass is 32.2. The number of hydrogen-bond acceptors (Lipinski definition) is 3. The Bertz CT molecular complexity index is 924. The highest BCUT2D eigenvalue weighted by Crippen LogP contribution is 2.38. The van der Waals surface area contributed by atoms with E-state index in [9.17, 15) is 26.4 Å². The second-order valence-corrected chi connectivity index (χ2v) is 8.20. The molecule has 2 aromatic rings. The van der Waals surface area contributed by atoms with Crippen molar-refractivity contribution in [3.63, 3.8) is 0 Å². The van der Waals surface area contributed by atoms with E-state index in [1.807, 2.05) is 0 Å². The van der Waals surface area contributed by atoms with E-state index in [2.05, 4.69) is 0 Å². The number of anilines is 1. The second kappa shape index (κ2) is 7.59. The topological polar surface area (TPSA) is 80.5 Å². The molecule has 2 rings (SSSR count). The molecular weight excluding hydrogens is 381 g/mol. The van der Waals surface area contributed by atoms with Crippen LogP contribution in [0.2, 0.25) is 0 Å². The van der Waals surface area contributed by atoms with Crippen LogP contribution in [0.3, 0.4) is 0 Å². The number of halogens is 3. The first-order chi connectivity index (χ1) is 12.4. The molecule has 2 aromatic carbocycles. The Morgan fingerprint density at radius 2 is 1.63 bits per heavy atom. The van der Waals surface area contributed by atoms with E-state index in [0.29, 0.717) is 0 Å². The summed E-state index contributed by atoms with van der Waals surface area (Å²) in [5, 5.41) is 0. The minimum absolute atomic E-state index is 0.0973. The predicted octanol–water partition coefficient (Wildman–Crippen LogP) is 3.66. The molecule has 2 N–H and O–H groups in total. The summed E-state index contributed by atoms with van der Waals surface area (Å²) in [7, 11) is -4.29. The highest BCUT2D eigenvalue weighted by molar-refractivity contribution is 7.92. The SMILES string of the molecule is CC(C)CN(c1ccccc1C(F)(F)F)S(=O)(=O)c1ccc(C(N)=O)cc1. The van der Waals surface area contributed by atoms with Gasteiger partial charge in [-0.15, -0.1) is 0 Å². The van der Waals surface area contributed by atoms with Crippen LogP contribution in [-0.2, 0) is 16.2 Å². The number of carbonyl (C=O) groups is 1. The standard InChI is InChI=1S/C18H19F3N2O3S/c1-12(2)11-23(16-6-4-3-5-15(16)18(19,20)21)27(25,26)14-9-7-13(8-10-14)17(22)24/h3-10,12H,11H2,1-2H3,(H2,22,24).